The minimum Gasteiger partial charge on any atom is -0.355 e. The van der Waals surface area contributed by atoms with Crippen molar-refractivity contribution in [3.63, 3.8) is 0 Å². The first-order valence-corrected chi connectivity index (χ1v) is 6.67. The van der Waals surface area contributed by atoms with E-state index in [4.69, 9.17) is 5.73 Å². The summed E-state index contributed by atoms with van der Waals surface area (Å²) >= 11 is 0. The average Bonchev–Trinajstić information content (AvgIpc) is 2.36. The van der Waals surface area contributed by atoms with Crippen molar-refractivity contribution >= 4 is 5.91 Å². The SMILES string of the molecule is CC(C)CCNC(=O)[C@@H](N)CCc1ccccc1. The van der Waals surface area contributed by atoms with Crippen molar-refractivity contribution < 1.29 is 4.79 Å². The Kier molecular flexibility index (Phi) is 6.44. The van der Waals surface area contributed by atoms with Crippen molar-refractivity contribution in [2.75, 3.05) is 6.54 Å². The van der Waals surface area contributed by atoms with Gasteiger partial charge in [-0.05, 0) is 30.7 Å². The molecule has 0 aliphatic heterocycles. The maximum absolute atomic E-state index is 11.7. The smallest absolute Gasteiger partial charge is 0.236 e. The Labute approximate surface area is 110 Å². The largest absolute Gasteiger partial charge is 0.355 e. The summed E-state index contributed by atoms with van der Waals surface area (Å²) in [6, 6.07) is 9.71. The zero-order valence-corrected chi connectivity index (χ0v) is 11.4. The predicted molar refractivity (Wildman–Crippen MR) is 75.2 cm³/mol. The van der Waals surface area contributed by atoms with Crippen LogP contribution in [0.2, 0.25) is 0 Å². The Morgan fingerprint density at radius 1 is 1.22 bits per heavy atom. The maximum Gasteiger partial charge on any atom is 0.236 e. The van der Waals surface area contributed by atoms with E-state index in [1.165, 1.54) is 5.56 Å². The summed E-state index contributed by atoms with van der Waals surface area (Å²) in [5, 5.41) is 2.89. The Hall–Kier alpha value is -1.35. The number of hydrogen-bond acceptors (Lipinski definition) is 2. The minimum atomic E-state index is -0.405. The molecule has 0 saturated carbocycles. The molecule has 1 aromatic carbocycles. The third kappa shape index (κ3) is 5.82. The standard InChI is InChI=1S/C15H24N2O/c1-12(2)10-11-17-15(18)14(16)9-8-13-6-4-3-5-7-13/h3-7,12,14H,8-11,16H2,1-2H3,(H,17,18)/t14-/m0/s1. The molecule has 0 aliphatic carbocycles. The first kappa shape index (κ1) is 14.7. The summed E-state index contributed by atoms with van der Waals surface area (Å²) in [5.74, 6) is 0.567. The fourth-order valence-corrected chi connectivity index (χ4v) is 1.71. The number of carbonyl (C=O) groups excluding carboxylic acids is 1. The van der Waals surface area contributed by atoms with Gasteiger partial charge in [0.05, 0.1) is 6.04 Å². The molecule has 1 amide bonds. The van der Waals surface area contributed by atoms with Crippen molar-refractivity contribution in [1.29, 1.82) is 0 Å². The maximum atomic E-state index is 11.7. The van der Waals surface area contributed by atoms with Crippen LogP contribution in [0.5, 0.6) is 0 Å². The van der Waals surface area contributed by atoms with Crippen molar-refractivity contribution in [2.45, 2.75) is 39.2 Å². The van der Waals surface area contributed by atoms with Gasteiger partial charge in [0.25, 0.3) is 0 Å². The molecule has 0 spiro atoms. The van der Waals surface area contributed by atoms with Gasteiger partial charge in [-0.15, -0.1) is 0 Å². The zero-order valence-electron chi connectivity index (χ0n) is 11.4. The van der Waals surface area contributed by atoms with Gasteiger partial charge in [-0.1, -0.05) is 44.2 Å². The van der Waals surface area contributed by atoms with Crippen LogP contribution in [0, 0.1) is 5.92 Å². The summed E-state index contributed by atoms with van der Waals surface area (Å²) in [7, 11) is 0. The highest BCUT2D eigenvalue weighted by molar-refractivity contribution is 5.81. The van der Waals surface area contributed by atoms with Gasteiger partial charge in [-0.2, -0.15) is 0 Å². The summed E-state index contributed by atoms with van der Waals surface area (Å²) in [4.78, 5) is 11.7. The normalized spacial score (nSPS) is 12.4. The third-order valence-electron chi connectivity index (χ3n) is 2.94. The zero-order chi connectivity index (χ0) is 13.4. The predicted octanol–water partition coefficient (Wildman–Crippen LogP) is 2.11. The number of aryl methyl sites for hydroxylation is 1. The van der Waals surface area contributed by atoms with Crippen molar-refractivity contribution in [3.8, 4) is 0 Å². The van der Waals surface area contributed by atoms with Crippen molar-refractivity contribution in [3.05, 3.63) is 35.9 Å². The van der Waals surface area contributed by atoms with Gasteiger partial charge >= 0.3 is 0 Å². The lowest BCUT2D eigenvalue weighted by molar-refractivity contribution is -0.122. The molecule has 1 rings (SSSR count). The molecule has 3 nitrogen and oxygen atoms in total. The van der Waals surface area contributed by atoms with Crippen molar-refractivity contribution in [2.24, 2.45) is 11.7 Å². The van der Waals surface area contributed by atoms with Gasteiger partial charge < -0.3 is 11.1 Å². The first-order chi connectivity index (χ1) is 8.59. The van der Waals surface area contributed by atoms with E-state index in [0.717, 1.165) is 19.4 Å². The quantitative estimate of drug-likeness (QED) is 0.776. The van der Waals surface area contributed by atoms with Crippen LogP contribution in [0.15, 0.2) is 30.3 Å². The topological polar surface area (TPSA) is 55.1 Å². The molecule has 0 aromatic heterocycles. The highest BCUT2D eigenvalue weighted by Gasteiger charge is 2.12. The summed E-state index contributed by atoms with van der Waals surface area (Å²) in [6.45, 7) is 5.00. The second-order valence-corrected chi connectivity index (χ2v) is 5.10. The van der Waals surface area contributed by atoms with Gasteiger partial charge in [0.15, 0.2) is 0 Å². The van der Waals surface area contributed by atoms with Gasteiger partial charge in [0, 0.05) is 6.54 Å². The summed E-state index contributed by atoms with van der Waals surface area (Å²) in [5.41, 5.74) is 7.09. The van der Waals surface area contributed by atoms with Gasteiger partial charge in [0.2, 0.25) is 5.91 Å². The lowest BCUT2D eigenvalue weighted by Gasteiger charge is -2.13. The van der Waals surface area contributed by atoms with E-state index < -0.39 is 6.04 Å². The van der Waals surface area contributed by atoms with E-state index in [1.54, 1.807) is 0 Å². The van der Waals surface area contributed by atoms with E-state index in [9.17, 15) is 4.79 Å². The van der Waals surface area contributed by atoms with Gasteiger partial charge in [0.1, 0.15) is 0 Å². The van der Waals surface area contributed by atoms with E-state index in [0.29, 0.717) is 12.3 Å². The molecule has 0 radical (unpaired) electrons. The second-order valence-electron chi connectivity index (χ2n) is 5.10. The second kappa shape index (κ2) is 7.88. The highest BCUT2D eigenvalue weighted by Crippen LogP contribution is 2.04. The molecule has 0 heterocycles. The van der Waals surface area contributed by atoms with Gasteiger partial charge in [-0.25, -0.2) is 0 Å². The number of rotatable bonds is 7. The minimum absolute atomic E-state index is 0.0356. The monoisotopic (exact) mass is 248 g/mol. The Morgan fingerprint density at radius 2 is 1.89 bits per heavy atom. The highest BCUT2D eigenvalue weighted by atomic mass is 16.2. The molecule has 18 heavy (non-hydrogen) atoms. The molecule has 1 aromatic rings. The third-order valence-corrected chi connectivity index (χ3v) is 2.94. The number of carbonyl (C=O) groups is 1. The van der Waals surface area contributed by atoms with Gasteiger partial charge in [-0.3, -0.25) is 4.79 Å². The molecule has 0 aliphatic rings. The number of nitrogens with two attached hydrogens (primary N) is 1. The summed E-state index contributed by atoms with van der Waals surface area (Å²) < 4.78 is 0. The number of nitrogens with one attached hydrogen (secondary N) is 1. The Balaban J connectivity index is 2.23. The van der Waals surface area contributed by atoms with E-state index in [2.05, 4.69) is 31.3 Å². The summed E-state index contributed by atoms with van der Waals surface area (Å²) in [6.07, 6.45) is 2.54. The van der Waals surface area contributed by atoms with E-state index >= 15 is 0 Å². The molecule has 3 heteroatoms. The molecule has 1 atom stereocenters. The number of amides is 1. The van der Waals surface area contributed by atoms with Crippen LogP contribution in [-0.2, 0) is 11.2 Å². The lowest BCUT2D eigenvalue weighted by atomic mass is 10.1. The molecule has 0 saturated heterocycles. The molecule has 0 fully saturated rings. The van der Waals surface area contributed by atoms with Crippen LogP contribution in [-0.4, -0.2) is 18.5 Å². The van der Waals surface area contributed by atoms with Crippen LogP contribution < -0.4 is 11.1 Å². The van der Waals surface area contributed by atoms with Crippen LogP contribution in [0.4, 0.5) is 0 Å². The molecule has 100 valence electrons. The van der Waals surface area contributed by atoms with Crippen LogP contribution >= 0.6 is 0 Å². The molecule has 0 unspecified atom stereocenters. The van der Waals surface area contributed by atoms with E-state index in [-0.39, 0.29) is 5.91 Å². The fraction of sp³-hybridized carbons (Fsp3) is 0.533. The number of benzene rings is 1. The fourth-order valence-electron chi connectivity index (χ4n) is 1.71. The lowest BCUT2D eigenvalue weighted by Crippen LogP contribution is -2.41. The van der Waals surface area contributed by atoms with Crippen molar-refractivity contribution in [1.82, 2.24) is 5.32 Å². The van der Waals surface area contributed by atoms with Crippen LogP contribution in [0.1, 0.15) is 32.3 Å². The van der Waals surface area contributed by atoms with Crippen LogP contribution in [0.3, 0.4) is 0 Å². The Morgan fingerprint density at radius 3 is 2.50 bits per heavy atom. The first-order valence-electron chi connectivity index (χ1n) is 6.67. The van der Waals surface area contributed by atoms with Crippen LogP contribution in [0.25, 0.3) is 0 Å². The average molecular weight is 248 g/mol. The molecular weight excluding hydrogens is 224 g/mol. The molecular formula is C15H24N2O. The van der Waals surface area contributed by atoms with E-state index in [1.807, 2.05) is 18.2 Å². The number of hydrogen-bond donors (Lipinski definition) is 2. The Bertz CT molecular complexity index is 349. The molecule has 3 N–H and O–H groups in total. The molecule has 0 bridgehead atoms.